The first kappa shape index (κ1) is 16.4. The Hall–Kier alpha value is -1.69. The molecule has 0 aliphatic carbocycles. The van der Waals surface area contributed by atoms with E-state index >= 15 is 0 Å². The molecule has 0 aliphatic heterocycles. The number of aliphatic hydroxyl groups excluding tert-OH is 1. The van der Waals surface area contributed by atoms with E-state index in [0.717, 1.165) is 30.3 Å². The van der Waals surface area contributed by atoms with E-state index in [-0.39, 0.29) is 6.61 Å². The topological polar surface area (TPSA) is 70.0 Å². The summed E-state index contributed by atoms with van der Waals surface area (Å²) in [6.07, 6.45) is 2.67. The van der Waals surface area contributed by atoms with Gasteiger partial charge in [0.2, 0.25) is 0 Å². The lowest BCUT2D eigenvalue weighted by molar-refractivity contribution is -0.131. The number of hydrogen-bond donors (Lipinski definition) is 2. The number of rotatable bonds is 9. The molecule has 0 unspecified atom stereocenters. The van der Waals surface area contributed by atoms with Crippen molar-refractivity contribution in [1.29, 1.82) is 0 Å². The van der Waals surface area contributed by atoms with Gasteiger partial charge in [-0.25, -0.2) is 4.79 Å². The first-order valence-electron chi connectivity index (χ1n) is 6.48. The minimum Gasteiger partial charge on any atom is -0.478 e. The highest BCUT2D eigenvalue weighted by molar-refractivity contribution is 5.85. The minimum absolute atomic E-state index is 0.114. The van der Waals surface area contributed by atoms with E-state index in [1.165, 1.54) is 0 Å². The standard InChI is InChI=1S/C15H21NO4/c1-20-11-9-16(8-10-17)12-14-4-2-13(3-5-14)6-7-15(18)19/h2-7,17H,8-12H2,1H3,(H,18,19)/b7-6+. The summed E-state index contributed by atoms with van der Waals surface area (Å²) in [5.41, 5.74) is 1.96. The van der Waals surface area contributed by atoms with Gasteiger partial charge in [-0.1, -0.05) is 24.3 Å². The van der Waals surface area contributed by atoms with Crippen LogP contribution in [0.1, 0.15) is 11.1 Å². The molecule has 0 heterocycles. The number of carbonyl (C=O) groups is 1. The van der Waals surface area contributed by atoms with Crippen molar-refractivity contribution in [3.05, 3.63) is 41.5 Å². The van der Waals surface area contributed by atoms with Crippen LogP contribution >= 0.6 is 0 Å². The van der Waals surface area contributed by atoms with Crippen LogP contribution in [0.15, 0.2) is 30.3 Å². The lowest BCUT2D eigenvalue weighted by Gasteiger charge is -2.20. The third-order valence-corrected chi connectivity index (χ3v) is 2.83. The normalized spacial score (nSPS) is 11.3. The fourth-order valence-electron chi connectivity index (χ4n) is 1.79. The van der Waals surface area contributed by atoms with Gasteiger partial charge in [0.15, 0.2) is 0 Å². The average Bonchev–Trinajstić information content (AvgIpc) is 2.44. The zero-order chi connectivity index (χ0) is 14.8. The van der Waals surface area contributed by atoms with E-state index in [1.54, 1.807) is 13.2 Å². The summed E-state index contributed by atoms with van der Waals surface area (Å²) in [7, 11) is 1.65. The Kier molecular flexibility index (Phi) is 7.57. The van der Waals surface area contributed by atoms with Crippen LogP contribution in [0.3, 0.4) is 0 Å². The second kappa shape index (κ2) is 9.25. The van der Waals surface area contributed by atoms with Crippen LogP contribution in [0.4, 0.5) is 0 Å². The number of aliphatic hydroxyl groups is 1. The summed E-state index contributed by atoms with van der Waals surface area (Å²) in [5, 5.41) is 17.6. The van der Waals surface area contributed by atoms with Gasteiger partial charge < -0.3 is 14.9 Å². The summed E-state index contributed by atoms with van der Waals surface area (Å²) < 4.78 is 5.04. The van der Waals surface area contributed by atoms with Crippen LogP contribution in [-0.4, -0.2) is 54.5 Å². The molecule has 0 fully saturated rings. The van der Waals surface area contributed by atoms with Gasteiger partial charge >= 0.3 is 5.97 Å². The quantitative estimate of drug-likeness (QED) is 0.665. The van der Waals surface area contributed by atoms with E-state index in [2.05, 4.69) is 4.90 Å². The first-order valence-corrected chi connectivity index (χ1v) is 6.48. The molecule has 0 saturated heterocycles. The van der Waals surface area contributed by atoms with Crippen LogP contribution in [0.2, 0.25) is 0 Å². The molecule has 1 aromatic rings. The van der Waals surface area contributed by atoms with Crippen molar-refractivity contribution >= 4 is 12.0 Å². The number of hydrogen-bond acceptors (Lipinski definition) is 4. The summed E-state index contributed by atoms with van der Waals surface area (Å²) >= 11 is 0. The van der Waals surface area contributed by atoms with Gasteiger partial charge in [-0.15, -0.1) is 0 Å². The Morgan fingerprint density at radius 2 is 2.00 bits per heavy atom. The van der Waals surface area contributed by atoms with Gasteiger partial charge in [0.1, 0.15) is 0 Å². The Balaban J connectivity index is 2.59. The SMILES string of the molecule is COCCN(CCO)Cc1ccc(/C=C/C(=O)O)cc1. The van der Waals surface area contributed by atoms with Crippen molar-refractivity contribution < 1.29 is 19.7 Å². The number of carboxylic acids is 1. The van der Waals surface area contributed by atoms with E-state index in [9.17, 15) is 4.79 Å². The van der Waals surface area contributed by atoms with Crippen LogP contribution in [0.25, 0.3) is 6.08 Å². The number of aliphatic carboxylic acids is 1. The largest absolute Gasteiger partial charge is 0.478 e. The number of ether oxygens (including phenoxy) is 1. The summed E-state index contributed by atoms with van der Waals surface area (Å²) in [4.78, 5) is 12.5. The Bertz CT molecular complexity index is 428. The zero-order valence-corrected chi connectivity index (χ0v) is 11.7. The molecule has 0 aromatic heterocycles. The molecule has 2 N–H and O–H groups in total. The zero-order valence-electron chi connectivity index (χ0n) is 11.7. The number of carboxylic acid groups (broad SMARTS) is 1. The van der Waals surface area contributed by atoms with Gasteiger partial charge in [-0.05, 0) is 17.2 Å². The third kappa shape index (κ3) is 6.47. The van der Waals surface area contributed by atoms with Crippen molar-refractivity contribution in [3.63, 3.8) is 0 Å². The maximum Gasteiger partial charge on any atom is 0.328 e. The van der Waals surface area contributed by atoms with E-state index in [1.807, 2.05) is 24.3 Å². The molecular weight excluding hydrogens is 258 g/mol. The Labute approximate surface area is 119 Å². The highest BCUT2D eigenvalue weighted by Gasteiger charge is 2.05. The predicted molar refractivity (Wildman–Crippen MR) is 77.4 cm³/mol. The van der Waals surface area contributed by atoms with E-state index in [0.29, 0.717) is 13.2 Å². The molecule has 0 radical (unpaired) electrons. The van der Waals surface area contributed by atoms with Gasteiger partial charge in [-0.2, -0.15) is 0 Å². The maximum atomic E-state index is 10.4. The number of nitrogens with zero attached hydrogens (tertiary/aromatic N) is 1. The van der Waals surface area contributed by atoms with Gasteiger partial charge in [-0.3, -0.25) is 4.90 Å². The van der Waals surface area contributed by atoms with Gasteiger partial charge in [0, 0.05) is 32.8 Å². The van der Waals surface area contributed by atoms with Gasteiger partial charge in [0.05, 0.1) is 13.2 Å². The molecular formula is C15H21NO4. The minimum atomic E-state index is -0.956. The Morgan fingerprint density at radius 1 is 1.30 bits per heavy atom. The third-order valence-electron chi connectivity index (χ3n) is 2.83. The predicted octanol–water partition coefficient (Wildman–Crippen LogP) is 1.23. The van der Waals surface area contributed by atoms with Crippen molar-refractivity contribution in [2.45, 2.75) is 6.54 Å². The number of benzene rings is 1. The molecule has 0 spiro atoms. The smallest absolute Gasteiger partial charge is 0.328 e. The van der Waals surface area contributed by atoms with Gasteiger partial charge in [0.25, 0.3) is 0 Å². The summed E-state index contributed by atoms with van der Waals surface area (Å²) in [6.45, 7) is 2.83. The monoisotopic (exact) mass is 279 g/mol. The molecule has 1 aromatic carbocycles. The fourth-order valence-corrected chi connectivity index (χ4v) is 1.79. The Morgan fingerprint density at radius 3 is 2.55 bits per heavy atom. The molecule has 20 heavy (non-hydrogen) atoms. The molecule has 0 saturated carbocycles. The fraction of sp³-hybridized carbons (Fsp3) is 0.400. The lowest BCUT2D eigenvalue weighted by atomic mass is 10.1. The molecule has 5 heteroatoms. The van der Waals surface area contributed by atoms with Crippen LogP contribution in [-0.2, 0) is 16.1 Å². The number of methoxy groups -OCH3 is 1. The lowest BCUT2D eigenvalue weighted by Crippen LogP contribution is -2.29. The van der Waals surface area contributed by atoms with Crippen LogP contribution in [0.5, 0.6) is 0 Å². The van der Waals surface area contributed by atoms with Crippen molar-refractivity contribution in [3.8, 4) is 0 Å². The molecule has 0 atom stereocenters. The summed E-state index contributed by atoms with van der Waals surface area (Å²) in [6, 6.07) is 7.67. The second-order valence-electron chi connectivity index (χ2n) is 4.41. The van der Waals surface area contributed by atoms with Crippen LogP contribution in [0, 0.1) is 0 Å². The highest BCUT2D eigenvalue weighted by Crippen LogP contribution is 2.09. The molecule has 0 bridgehead atoms. The first-order chi connectivity index (χ1) is 9.65. The highest BCUT2D eigenvalue weighted by atomic mass is 16.5. The molecule has 0 amide bonds. The maximum absolute atomic E-state index is 10.4. The molecule has 0 aliphatic rings. The summed E-state index contributed by atoms with van der Waals surface area (Å²) in [5.74, 6) is -0.956. The van der Waals surface area contributed by atoms with Crippen molar-refractivity contribution in [2.75, 3.05) is 33.4 Å². The van der Waals surface area contributed by atoms with E-state index in [4.69, 9.17) is 14.9 Å². The van der Waals surface area contributed by atoms with Crippen molar-refractivity contribution in [1.82, 2.24) is 4.90 Å². The van der Waals surface area contributed by atoms with Crippen molar-refractivity contribution in [2.24, 2.45) is 0 Å². The molecule has 1 rings (SSSR count). The molecule has 5 nitrogen and oxygen atoms in total. The molecule has 110 valence electrons. The van der Waals surface area contributed by atoms with Crippen LogP contribution < -0.4 is 0 Å². The van der Waals surface area contributed by atoms with E-state index < -0.39 is 5.97 Å². The average molecular weight is 279 g/mol. The second-order valence-corrected chi connectivity index (χ2v) is 4.41.